The highest BCUT2D eigenvalue weighted by molar-refractivity contribution is 5.97. The van der Waals surface area contributed by atoms with E-state index in [1.807, 2.05) is 59.3 Å². The molecule has 0 amide bonds. The van der Waals surface area contributed by atoms with Gasteiger partial charge in [-0.25, -0.2) is 14.1 Å². The Labute approximate surface area is 149 Å². The summed E-state index contributed by atoms with van der Waals surface area (Å²) in [6, 6.07) is 26.4. The predicted molar refractivity (Wildman–Crippen MR) is 101 cm³/mol. The Morgan fingerprint density at radius 3 is 2.31 bits per heavy atom. The Balaban J connectivity index is 1.85. The maximum absolute atomic E-state index is 13.3. The Bertz CT molecular complexity index is 1180. The summed E-state index contributed by atoms with van der Waals surface area (Å²) in [5.74, 6) is 0.550. The van der Waals surface area contributed by atoms with Crippen molar-refractivity contribution < 1.29 is 4.39 Å². The van der Waals surface area contributed by atoms with Crippen molar-refractivity contribution in [3.8, 4) is 28.3 Å². The van der Waals surface area contributed by atoms with E-state index in [-0.39, 0.29) is 5.82 Å². The molecule has 124 valence electrons. The first-order chi connectivity index (χ1) is 12.8. The van der Waals surface area contributed by atoms with E-state index in [2.05, 4.69) is 6.07 Å². The first kappa shape index (κ1) is 14.8. The number of hydrogen-bond donors (Lipinski definition) is 0. The van der Waals surface area contributed by atoms with Gasteiger partial charge in [-0.15, -0.1) is 0 Å². The minimum absolute atomic E-state index is 0.258. The topological polar surface area (TPSA) is 30.7 Å². The minimum atomic E-state index is -0.258. The van der Waals surface area contributed by atoms with Crippen LogP contribution in [0.15, 0.2) is 84.9 Å². The van der Waals surface area contributed by atoms with Gasteiger partial charge in [0.05, 0.1) is 16.9 Å². The standard InChI is InChI=1S/C22H14FN3/c23-16-12-10-15(11-13-16)21-14-19-18-8-4-5-9-20(18)24-22(19)26(25-21)17-6-2-1-3-7-17/h1-14H. The van der Waals surface area contributed by atoms with Crippen LogP contribution in [0.1, 0.15) is 0 Å². The van der Waals surface area contributed by atoms with Crippen molar-refractivity contribution in [2.45, 2.75) is 0 Å². The molecule has 0 aromatic heterocycles. The van der Waals surface area contributed by atoms with Crippen molar-refractivity contribution in [3.05, 3.63) is 90.7 Å². The van der Waals surface area contributed by atoms with Crippen LogP contribution in [0.25, 0.3) is 39.2 Å². The van der Waals surface area contributed by atoms with Gasteiger partial charge in [-0.1, -0.05) is 36.4 Å². The number of aromatic nitrogens is 3. The first-order valence-electron chi connectivity index (χ1n) is 8.39. The molecule has 0 atom stereocenters. The van der Waals surface area contributed by atoms with Gasteiger partial charge >= 0.3 is 0 Å². The van der Waals surface area contributed by atoms with E-state index in [1.54, 1.807) is 12.1 Å². The van der Waals surface area contributed by atoms with Gasteiger partial charge in [0.15, 0.2) is 5.82 Å². The smallest absolute Gasteiger partial charge is 0.162 e. The molecular formula is C22H14FN3. The Kier molecular flexibility index (Phi) is 3.28. The zero-order chi connectivity index (χ0) is 17.5. The van der Waals surface area contributed by atoms with Crippen LogP contribution < -0.4 is 0 Å². The molecule has 0 fully saturated rings. The molecule has 0 N–H and O–H groups in total. The number of para-hydroxylation sites is 2. The van der Waals surface area contributed by atoms with Crippen LogP contribution in [0.2, 0.25) is 0 Å². The number of fused-ring (bicyclic) bond motifs is 3. The normalized spacial score (nSPS) is 11.3. The third-order valence-corrected chi connectivity index (χ3v) is 4.49. The second-order valence-electron chi connectivity index (χ2n) is 6.15. The molecule has 0 saturated carbocycles. The Hall–Kier alpha value is -3.53. The van der Waals surface area contributed by atoms with Crippen molar-refractivity contribution in [2.75, 3.05) is 0 Å². The molecule has 3 nitrogen and oxygen atoms in total. The lowest BCUT2D eigenvalue weighted by molar-refractivity contribution is 0.628. The summed E-state index contributed by atoms with van der Waals surface area (Å²) >= 11 is 0. The summed E-state index contributed by atoms with van der Waals surface area (Å²) in [5, 5.41) is 5.88. The van der Waals surface area contributed by atoms with E-state index in [9.17, 15) is 4.39 Å². The van der Waals surface area contributed by atoms with E-state index >= 15 is 0 Å². The van der Waals surface area contributed by atoms with E-state index in [1.165, 1.54) is 12.1 Å². The van der Waals surface area contributed by atoms with Gasteiger partial charge < -0.3 is 0 Å². The van der Waals surface area contributed by atoms with Gasteiger partial charge in [0.2, 0.25) is 0 Å². The lowest BCUT2D eigenvalue weighted by Crippen LogP contribution is -2.07. The average Bonchev–Trinajstić information content (AvgIpc) is 3.07. The summed E-state index contributed by atoms with van der Waals surface area (Å²) < 4.78 is 15.2. The second-order valence-corrected chi connectivity index (χ2v) is 6.15. The van der Waals surface area contributed by atoms with Gasteiger partial charge in [0.25, 0.3) is 0 Å². The average molecular weight is 339 g/mol. The number of hydrogen-bond acceptors (Lipinski definition) is 2. The molecule has 2 aliphatic rings. The third kappa shape index (κ3) is 2.35. The van der Waals surface area contributed by atoms with Crippen LogP contribution >= 0.6 is 0 Å². The van der Waals surface area contributed by atoms with Crippen molar-refractivity contribution >= 4 is 10.9 Å². The fourth-order valence-electron chi connectivity index (χ4n) is 3.23. The molecule has 0 aliphatic carbocycles. The third-order valence-electron chi connectivity index (χ3n) is 4.49. The highest BCUT2D eigenvalue weighted by Gasteiger charge is 2.19. The molecule has 2 aliphatic heterocycles. The van der Waals surface area contributed by atoms with Crippen molar-refractivity contribution in [3.63, 3.8) is 0 Å². The van der Waals surface area contributed by atoms with Crippen molar-refractivity contribution in [1.82, 2.24) is 14.8 Å². The first-order valence-corrected chi connectivity index (χ1v) is 8.39. The largest absolute Gasteiger partial charge is 0.228 e. The quantitative estimate of drug-likeness (QED) is 0.435. The van der Waals surface area contributed by atoms with E-state index in [4.69, 9.17) is 10.1 Å². The molecule has 2 heterocycles. The highest BCUT2D eigenvalue weighted by atomic mass is 19.1. The molecule has 0 saturated heterocycles. The summed E-state index contributed by atoms with van der Waals surface area (Å²) in [6.07, 6.45) is 0. The molecule has 0 bridgehead atoms. The van der Waals surface area contributed by atoms with Gasteiger partial charge in [0, 0.05) is 16.5 Å². The van der Waals surface area contributed by atoms with E-state index in [0.29, 0.717) is 0 Å². The molecular weight excluding hydrogens is 325 g/mol. The Morgan fingerprint density at radius 1 is 0.769 bits per heavy atom. The molecule has 0 radical (unpaired) electrons. The summed E-state index contributed by atoms with van der Waals surface area (Å²) in [7, 11) is 0. The lowest BCUT2D eigenvalue weighted by Gasteiger charge is -2.13. The summed E-state index contributed by atoms with van der Waals surface area (Å²) in [4.78, 5) is 4.78. The minimum Gasteiger partial charge on any atom is -0.228 e. The van der Waals surface area contributed by atoms with Crippen LogP contribution in [0, 0.1) is 5.82 Å². The van der Waals surface area contributed by atoms with E-state index in [0.717, 1.165) is 39.2 Å². The highest BCUT2D eigenvalue weighted by Crippen LogP contribution is 2.34. The fraction of sp³-hybridized carbons (Fsp3) is 0. The van der Waals surface area contributed by atoms with Crippen molar-refractivity contribution in [2.24, 2.45) is 0 Å². The summed E-state index contributed by atoms with van der Waals surface area (Å²) in [5.41, 5.74) is 4.54. The number of benzene rings is 3. The maximum Gasteiger partial charge on any atom is 0.162 e. The fourth-order valence-corrected chi connectivity index (χ4v) is 3.23. The van der Waals surface area contributed by atoms with Crippen molar-refractivity contribution in [1.29, 1.82) is 0 Å². The van der Waals surface area contributed by atoms with Crippen LogP contribution in [-0.2, 0) is 0 Å². The summed E-state index contributed by atoms with van der Waals surface area (Å²) in [6.45, 7) is 0. The zero-order valence-corrected chi connectivity index (χ0v) is 13.8. The van der Waals surface area contributed by atoms with Crippen LogP contribution in [0.5, 0.6) is 0 Å². The van der Waals surface area contributed by atoms with Crippen LogP contribution in [0.4, 0.5) is 4.39 Å². The number of nitrogens with zero attached hydrogens (tertiary/aromatic N) is 3. The van der Waals surface area contributed by atoms with Gasteiger partial charge in [0.1, 0.15) is 5.82 Å². The number of rotatable bonds is 2. The monoisotopic (exact) mass is 339 g/mol. The van der Waals surface area contributed by atoms with E-state index < -0.39 is 0 Å². The molecule has 4 heteroatoms. The number of halogens is 1. The molecule has 5 rings (SSSR count). The van der Waals surface area contributed by atoms with Crippen LogP contribution in [-0.4, -0.2) is 14.8 Å². The van der Waals surface area contributed by atoms with Gasteiger partial charge in [-0.05, 0) is 48.5 Å². The second kappa shape index (κ2) is 5.77. The van der Waals surface area contributed by atoms with Gasteiger partial charge in [-0.2, -0.15) is 5.10 Å². The molecule has 0 unspecified atom stereocenters. The Morgan fingerprint density at radius 2 is 1.50 bits per heavy atom. The van der Waals surface area contributed by atoms with Gasteiger partial charge in [-0.3, -0.25) is 0 Å². The molecule has 26 heavy (non-hydrogen) atoms. The molecule has 3 aromatic rings. The molecule has 0 spiro atoms. The zero-order valence-electron chi connectivity index (χ0n) is 13.8. The molecule has 3 aromatic carbocycles. The lowest BCUT2D eigenvalue weighted by atomic mass is 10.1. The maximum atomic E-state index is 13.3. The van der Waals surface area contributed by atoms with Crippen LogP contribution in [0.3, 0.4) is 0 Å². The SMILES string of the molecule is Fc1ccc(-c2cc3c4ccccc4nc-3n(-c3ccccc3)n2)cc1. The predicted octanol–water partition coefficient (Wildman–Crippen LogP) is 5.33.